The van der Waals surface area contributed by atoms with E-state index in [1.165, 1.54) is 0 Å². The molecule has 1 aromatic heterocycles. The minimum absolute atomic E-state index is 0.00982. The number of methoxy groups -OCH3 is 1. The fraction of sp³-hybridized carbons (Fsp3) is 0.185. The average Bonchev–Trinajstić information content (AvgIpc) is 3.42. The number of nitrogens with zero attached hydrogens (tertiary/aromatic N) is 2. The van der Waals surface area contributed by atoms with Gasteiger partial charge in [0.05, 0.1) is 32.2 Å². The number of carbonyl (C=O) groups excluding carboxylic acids is 1. The van der Waals surface area contributed by atoms with Crippen molar-refractivity contribution < 1.29 is 14.3 Å². The van der Waals surface area contributed by atoms with Crippen molar-refractivity contribution in [3.05, 3.63) is 109 Å². The van der Waals surface area contributed by atoms with Crippen LogP contribution in [0.4, 0.5) is 0 Å². The molecule has 0 aliphatic carbocycles. The standard InChI is InChI=1S/C27H27N3O3/c1-32-27-10-6-5-9-24(27)26(31)19-29-25(21-7-3-2-4-8-21)15-18-33-23-13-11-22(12-14-23)30-17-16-28-20-30/h2-14,16-17,20,25,29H,15,18-19H2,1H3. The molecule has 0 saturated carbocycles. The van der Waals surface area contributed by atoms with E-state index in [0.29, 0.717) is 24.3 Å². The lowest BCUT2D eigenvalue weighted by Crippen LogP contribution is -2.29. The Morgan fingerprint density at radius 2 is 1.76 bits per heavy atom. The van der Waals surface area contributed by atoms with Gasteiger partial charge in [-0.3, -0.25) is 4.79 Å². The third kappa shape index (κ3) is 5.87. The molecule has 3 aromatic carbocycles. The van der Waals surface area contributed by atoms with Gasteiger partial charge in [0.2, 0.25) is 0 Å². The number of ether oxygens (including phenoxy) is 2. The monoisotopic (exact) mass is 441 g/mol. The zero-order valence-corrected chi connectivity index (χ0v) is 18.6. The first-order valence-corrected chi connectivity index (χ1v) is 10.9. The van der Waals surface area contributed by atoms with Crippen LogP contribution in [0.2, 0.25) is 0 Å². The van der Waals surface area contributed by atoms with Gasteiger partial charge in [-0.2, -0.15) is 0 Å². The van der Waals surface area contributed by atoms with Crippen LogP contribution in [-0.2, 0) is 0 Å². The fourth-order valence-corrected chi connectivity index (χ4v) is 3.68. The molecule has 4 aromatic rings. The van der Waals surface area contributed by atoms with Gasteiger partial charge in [0, 0.05) is 30.5 Å². The Hall–Kier alpha value is -3.90. The largest absolute Gasteiger partial charge is 0.496 e. The van der Waals surface area contributed by atoms with Crippen LogP contribution in [0.25, 0.3) is 5.69 Å². The second-order valence-corrected chi connectivity index (χ2v) is 7.57. The molecule has 33 heavy (non-hydrogen) atoms. The first kappa shape index (κ1) is 22.3. The summed E-state index contributed by atoms with van der Waals surface area (Å²) in [6.45, 7) is 0.722. The maximum absolute atomic E-state index is 12.8. The van der Waals surface area contributed by atoms with Crippen molar-refractivity contribution >= 4 is 5.78 Å². The number of nitrogens with one attached hydrogen (secondary N) is 1. The van der Waals surface area contributed by atoms with E-state index in [4.69, 9.17) is 9.47 Å². The molecule has 0 fully saturated rings. The highest BCUT2D eigenvalue weighted by Gasteiger charge is 2.16. The van der Waals surface area contributed by atoms with Crippen LogP contribution >= 0.6 is 0 Å². The topological polar surface area (TPSA) is 65.4 Å². The predicted octanol–water partition coefficient (Wildman–Crippen LogP) is 4.86. The second-order valence-electron chi connectivity index (χ2n) is 7.57. The summed E-state index contributed by atoms with van der Waals surface area (Å²) in [5.74, 6) is 1.38. The number of para-hydroxylation sites is 1. The average molecular weight is 442 g/mol. The highest BCUT2D eigenvalue weighted by atomic mass is 16.5. The minimum atomic E-state index is -0.0184. The normalized spacial score (nSPS) is 11.7. The van der Waals surface area contributed by atoms with Gasteiger partial charge in [-0.15, -0.1) is 0 Å². The number of carbonyl (C=O) groups is 1. The number of hydrogen-bond acceptors (Lipinski definition) is 5. The number of Topliss-reactive ketones (excluding diaryl/α,β-unsaturated/α-hetero) is 1. The molecule has 0 bridgehead atoms. The van der Waals surface area contributed by atoms with Gasteiger partial charge in [-0.1, -0.05) is 42.5 Å². The van der Waals surface area contributed by atoms with Crippen LogP contribution in [0.15, 0.2) is 97.6 Å². The van der Waals surface area contributed by atoms with E-state index in [9.17, 15) is 4.79 Å². The lowest BCUT2D eigenvalue weighted by molar-refractivity contribution is 0.0982. The molecule has 4 rings (SSSR count). The smallest absolute Gasteiger partial charge is 0.180 e. The van der Waals surface area contributed by atoms with Gasteiger partial charge in [0.1, 0.15) is 11.5 Å². The lowest BCUT2D eigenvalue weighted by Gasteiger charge is -2.20. The van der Waals surface area contributed by atoms with E-state index in [1.807, 2.05) is 65.4 Å². The number of benzene rings is 3. The summed E-state index contributed by atoms with van der Waals surface area (Å²) in [6, 6.07) is 25.3. The van der Waals surface area contributed by atoms with Crippen LogP contribution in [0, 0.1) is 0 Å². The van der Waals surface area contributed by atoms with E-state index >= 15 is 0 Å². The van der Waals surface area contributed by atoms with E-state index in [-0.39, 0.29) is 18.4 Å². The van der Waals surface area contributed by atoms with Crippen molar-refractivity contribution in [1.29, 1.82) is 0 Å². The Morgan fingerprint density at radius 3 is 2.48 bits per heavy atom. The number of imidazole rings is 1. The first-order chi connectivity index (χ1) is 16.2. The number of rotatable bonds is 11. The third-order valence-corrected chi connectivity index (χ3v) is 5.43. The molecule has 1 N–H and O–H groups in total. The van der Waals surface area contributed by atoms with Gasteiger partial charge in [-0.05, 0) is 42.0 Å². The van der Waals surface area contributed by atoms with Crippen molar-refractivity contribution in [3.63, 3.8) is 0 Å². The Morgan fingerprint density at radius 1 is 1.00 bits per heavy atom. The Bertz CT molecular complexity index is 1140. The zero-order chi connectivity index (χ0) is 22.9. The summed E-state index contributed by atoms with van der Waals surface area (Å²) < 4.78 is 13.3. The van der Waals surface area contributed by atoms with Gasteiger partial charge >= 0.3 is 0 Å². The van der Waals surface area contributed by atoms with Gasteiger partial charge in [0.25, 0.3) is 0 Å². The van der Waals surface area contributed by atoms with Crippen LogP contribution in [0.3, 0.4) is 0 Å². The predicted molar refractivity (Wildman–Crippen MR) is 128 cm³/mol. The molecule has 168 valence electrons. The van der Waals surface area contributed by atoms with E-state index < -0.39 is 0 Å². The van der Waals surface area contributed by atoms with Crippen LogP contribution in [0.1, 0.15) is 28.4 Å². The molecular formula is C27H27N3O3. The molecule has 6 heteroatoms. The molecule has 1 atom stereocenters. The molecule has 0 saturated heterocycles. The van der Waals surface area contributed by atoms with E-state index in [2.05, 4.69) is 22.4 Å². The summed E-state index contributed by atoms with van der Waals surface area (Å²) >= 11 is 0. The number of ketones is 1. The van der Waals surface area contributed by atoms with Crippen molar-refractivity contribution in [1.82, 2.24) is 14.9 Å². The molecule has 6 nitrogen and oxygen atoms in total. The summed E-state index contributed by atoms with van der Waals surface area (Å²) in [4.78, 5) is 16.9. The quantitative estimate of drug-likeness (QED) is 0.337. The molecule has 1 heterocycles. The van der Waals surface area contributed by atoms with Crippen molar-refractivity contribution in [2.75, 3.05) is 20.3 Å². The first-order valence-electron chi connectivity index (χ1n) is 10.9. The zero-order valence-electron chi connectivity index (χ0n) is 18.6. The van der Waals surface area contributed by atoms with Gasteiger partial charge in [0.15, 0.2) is 5.78 Å². The van der Waals surface area contributed by atoms with Crippen molar-refractivity contribution in [3.8, 4) is 17.2 Å². The summed E-state index contributed by atoms with van der Waals surface area (Å²) in [6.07, 6.45) is 6.13. The molecule has 0 radical (unpaired) electrons. The maximum atomic E-state index is 12.8. The molecule has 0 aliphatic heterocycles. The SMILES string of the molecule is COc1ccccc1C(=O)CNC(CCOc1ccc(-n2ccnc2)cc1)c1ccccc1. The highest BCUT2D eigenvalue weighted by Crippen LogP contribution is 2.21. The van der Waals surface area contributed by atoms with E-state index in [0.717, 1.165) is 17.0 Å². The fourth-order valence-electron chi connectivity index (χ4n) is 3.68. The van der Waals surface area contributed by atoms with Crippen LogP contribution < -0.4 is 14.8 Å². The van der Waals surface area contributed by atoms with Gasteiger partial charge < -0.3 is 19.4 Å². The summed E-state index contributed by atoms with van der Waals surface area (Å²) in [7, 11) is 1.58. The summed E-state index contributed by atoms with van der Waals surface area (Å²) in [5, 5.41) is 3.40. The Balaban J connectivity index is 1.36. The molecule has 0 aliphatic rings. The third-order valence-electron chi connectivity index (χ3n) is 5.43. The van der Waals surface area contributed by atoms with Crippen LogP contribution in [0.5, 0.6) is 11.5 Å². The maximum Gasteiger partial charge on any atom is 0.180 e. The molecular weight excluding hydrogens is 414 g/mol. The summed E-state index contributed by atoms with van der Waals surface area (Å²) in [5.41, 5.74) is 2.72. The number of aromatic nitrogens is 2. The Labute approximate surface area is 193 Å². The number of hydrogen-bond donors (Lipinski definition) is 1. The molecule has 1 unspecified atom stereocenters. The van der Waals surface area contributed by atoms with Crippen molar-refractivity contribution in [2.24, 2.45) is 0 Å². The van der Waals surface area contributed by atoms with Gasteiger partial charge in [-0.25, -0.2) is 4.98 Å². The van der Waals surface area contributed by atoms with Crippen molar-refractivity contribution in [2.45, 2.75) is 12.5 Å². The molecule has 0 spiro atoms. The lowest BCUT2D eigenvalue weighted by atomic mass is 10.0. The minimum Gasteiger partial charge on any atom is -0.496 e. The second kappa shape index (κ2) is 11.1. The van der Waals surface area contributed by atoms with E-state index in [1.54, 1.807) is 31.8 Å². The molecule has 0 amide bonds. The highest BCUT2D eigenvalue weighted by molar-refractivity contribution is 6.00. The Kier molecular flexibility index (Phi) is 7.51. The van der Waals surface area contributed by atoms with Crippen LogP contribution in [-0.4, -0.2) is 35.6 Å².